The van der Waals surface area contributed by atoms with Gasteiger partial charge >= 0.3 is 0 Å². The molecule has 2 heterocycles. The monoisotopic (exact) mass is 285 g/mol. The minimum Gasteiger partial charge on any atom is -0.334 e. The molecule has 1 aliphatic rings. The molecule has 0 saturated carbocycles. The highest BCUT2D eigenvalue weighted by Crippen LogP contribution is 2.24. The SMILES string of the molecule is Cc1nccn1CCN1CCC(C)C1CBr. The molecule has 2 rings (SSSR count). The van der Waals surface area contributed by atoms with E-state index in [1.165, 1.54) is 13.0 Å². The number of hydrogen-bond acceptors (Lipinski definition) is 2. The predicted molar refractivity (Wildman–Crippen MR) is 69.9 cm³/mol. The fraction of sp³-hybridized carbons (Fsp3) is 0.750. The highest BCUT2D eigenvalue weighted by Gasteiger charge is 2.29. The van der Waals surface area contributed by atoms with E-state index in [0.717, 1.165) is 30.2 Å². The molecule has 1 aromatic rings. The number of imidazole rings is 1. The second-order valence-corrected chi connectivity index (χ2v) is 5.34. The van der Waals surface area contributed by atoms with E-state index in [1.807, 2.05) is 6.20 Å². The van der Waals surface area contributed by atoms with Crippen molar-refractivity contribution in [1.29, 1.82) is 0 Å². The molecule has 0 amide bonds. The molecular formula is C12H20BrN3. The fourth-order valence-electron chi connectivity index (χ4n) is 2.49. The van der Waals surface area contributed by atoms with Gasteiger partial charge in [-0.25, -0.2) is 4.98 Å². The van der Waals surface area contributed by atoms with Crippen LogP contribution in [0.2, 0.25) is 0 Å². The van der Waals surface area contributed by atoms with Gasteiger partial charge in [0.25, 0.3) is 0 Å². The summed E-state index contributed by atoms with van der Waals surface area (Å²) in [6.45, 7) is 7.86. The summed E-state index contributed by atoms with van der Waals surface area (Å²) in [4.78, 5) is 6.85. The number of aromatic nitrogens is 2. The van der Waals surface area contributed by atoms with Crippen LogP contribution >= 0.6 is 15.9 Å². The van der Waals surface area contributed by atoms with Crippen molar-refractivity contribution in [3.63, 3.8) is 0 Å². The lowest BCUT2D eigenvalue weighted by Crippen LogP contribution is -2.35. The summed E-state index contributed by atoms with van der Waals surface area (Å²) in [6, 6.07) is 0.712. The largest absolute Gasteiger partial charge is 0.334 e. The molecule has 90 valence electrons. The van der Waals surface area contributed by atoms with Crippen LogP contribution in [0.25, 0.3) is 0 Å². The van der Waals surface area contributed by atoms with Gasteiger partial charge in [-0.1, -0.05) is 22.9 Å². The van der Waals surface area contributed by atoms with Crippen molar-refractivity contribution in [2.75, 3.05) is 18.4 Å². The molecule has 3 nitrogen and oxygen atoms in total. The second kappa shape index (κ2) is 5.32. The molecule has 0 aliphatic carbocycles. The quantitative estimate of drug-likeness (QED) is 0.792. The van der Waals surface area contributed by atoms with Crippen LogP contribution in [0, 0.1) is 12.8 Å². The molecular weight excluding hydrogens is 266 g/mol. The van der Waals surface area contributed by atoms with E-state index in [1.54, 1.807) is 0 Å². The summed E-state index contributed by atoms with van der Waals surface area (Å²) in [5.41, 5.74) is 0. The number of aryl methyl sites for hydroxylation is 1. The summed E-state index contributed by atoms with van der Waals surface area (Å²) < 4.78 is 2.23. The van der Waals surface area contributed by atoms with Gasteiger partial charge in [-0.05, 0) is 25.8 Å². The lowest BCUT2D eigenvalue weighted by molar-refractivity contribution is 0.242. The first-order chi connectivity index (χ1) is 7.72. The van der Waals surface area contributed by atoms with Crippen LogP contribution in [0.3, 0.4) is 0 Å². The molecule has 0 aromatic carbocycles. The lowest BCUT2D eigenvalue weighted by atomic mass is 10.1. The minimum absolute atomic E-state index is 0.712. The standard InChI is InChI=1S/C12H20BrN3/c1-10-3-5-16(12(10)9-13)8-7-15-6-4-14-11(15)2/h4,6,10,12H,3,5,7-9H2,1-2H3. The van der Waals surface area contributed by atoms with Crippen molar-refractivity contribution in [3.8, 4) is 0 Å². The van der Waals surface area contributed by atoms with Gasteiger partial charge in [0.1, 0.15) is 5.82 Å². The third-order valence-electron chi connectivity index (χ3n) is 3.71. The van der Waals surface area contributed by atoms with Crippen LogP contribution in [0.1, 0.15) is 19.2 Å². The molecule has 4 heteroatoms. The normalized spacial score (nSPS) is 26.4. The van der Waals surface area contributed by atoms with Crippen LogP contribution in [0.4, 0.5) is 0 Å². The molecule has 0 radical (unpaired) electrons. The van der Waals surface area contributed by atoms with Crippen LogP contribution in [0.5, 0.6) is 0 Å². The van der Waals surface area contributed by atoms with E-state index in [2.05, 4.69) is 50.4 Å². The average molecular weight is 286 g/mol. The Bertz CT molecular complexity index is 337. The Morgan fingerprint density at radius 2 is 2.31 bits per heavy atom. The molecule has 2 unspecified atom stereocenters. The van der Waals surface area contributed by atoms with Crippen molar-refractivity contribution in [2.24, 2.45) is 5.92 Å². The molecule has 16 heavy (non-hydrogen) atoms. The maximum Gasteiger partial charge on any atom is 0.105 e. The number of hydrogen-bond donors (Lipinski definition) is 0. The Kier molecular flexibility index (Phi) is 4.03. The highest BCUT2D eigenvalue weighted by molar-refractivity contribution is 9.09. The Morgan fingerprint density at radius 1 is 1.50 bits per heavy atom. The number of likely N-dealkylation sites (tertiary alicyclic amines) is 1. The summed E-state index contributed by atoms with van der Waals surface area (Å²) in [7, 11) is 0. The molecule has 1 saturated heterocycles. The fourth-order valence-corrected chi connectivity index (χ4v) is 3.54. The van der Waals surface area contributed by atoms with Crippen LogP contribution in [0.15, 0.2) is 12.4 Å². The van der Waals surface area contributed by atoms with Gasteiger partial charge in [0, 0.05) is 36.9 Å². The van der Waals surface area contributed by atoms with Gasteiger partial charge in [0.05, 0.1) is 0 Å². The van der Waals surface area contributed by atoms with Crippen molar-refractivity contribution >= 4 is 15.9 Å². The smallest absolute Gasteiger partial charge is 0.105 e. The first kappa shape index (κ1) is 12.1. The summed E-state index contributed by atoms with van der Waals surface area (Å²) >= 11 is 3.63. The van der Waals surface area contributed by atoms with Crippen molar-refractivity contribution in [3.05, 3.63) is 18.2 Å². The maximum atomic E-state index is 4.25. The van der Waals surface area contributed by atoms with Gasteiger partial charge in [0.2, 0.25) is 0 Å². The Morgan fingerprint density at radius 3 is 2.94 bits per heavy atom. The van der Waals surface area contributed by atoms with E-state index >= 15 is 0 Å². The van der Waals surface area contributed by atoms with E-state index < -0.39 is 0 Å². The predicted octanol–water partition coefficient (Wildman–Crippen LogP) is 2.30. The van der Waals surface area contributed by atoms with Crippen molar-refractivity contribution < 1.29 is 0 Å². The zero-order valence-electron chi connectivity index (χ0n) is 10.1. The van der Waals surface area contributed by atoms with Gasteiger partial charge in [0.15, 0.2) is 0 Å². The Labute approximate surface area is 106 Å². The van der Waals surface area contributed by atoms with Gasteiger partial charge in [-0.15, -0.1) is 0 Å². The average Bonchev–Trinajstić information content (AvgIpc) is 2.82. The summed E-state index contributed by atoms with van der Waals surface area (Å²) in [6.07, 6.45) is 5.28. The highest BCUT2D eigenvalue weighted by atomic mass is 79.9. The van der Waals surface area contributed by atoms with Crippen LogP contribution in [-0.4, -0.2) is 38.9 Å². The molecule has 1 fully saturated rings. The van der Waals surface area contributed by atoms with Gasteiger partial charge < -0.3 is 4.57 Å². The Balaban J connectivity index is 1.89. The van der Waals surface area contributed by atoms with Crippen LogP contribution < -0.4 is 0 Å². The molecule has 0 N–H and O–H groups in total. The number of alkyl halides is 1. The zero-order valence-corrected chi connectivity index (χ0v) is 11.7. The zero-order chi connectivity index (χ0) is 11.5. The molecule has 2 atom stereocenters. The van der Waals surface area contributed by atoms with E-state index in [0.29, 0.717) is 6.04 Å². The molecule has 1 aliphatic heterocycles. The van der Waals surface area contributed by atoms with Crippen molar-refractivity contribution in [1.82, 2.24) is 14.5 Å². The topological polar surface area (TPSA) is 21.1 Å². The second-order valence-electron chi connectivity index (χ2n) is 4.69. The van der Waals surface area contributed by atoms with E-state index in [4.69, 9.17) is 0 Å². The van der Waals surface area contributed by atoms with Crippen molar-refractivity contribution in [2.45, 2.75) is 32.9 Å². The Hall–Kier alpha value is -0.350. The third-order valence-corrected chi connectivity index (χ3v) is 4.37. The minimum atomic E-state index is 0.712. The van der Waals surface area contributed by atoms with Gasteiger partial charge in [-0.2, -0.15) is 0 Å². The van der Waals surface area contributed by atoms with Crippen LogP contribution in [-0.2, 0) is 6.54 Å². The van der Waals surface area contributed by atoms with Gasteiger partial charge in [-0.3, -0.25) is 4.90 Å². The molecule has 0 spiro atoms. The first-order valence-corrected chi connectivity index (χ1v) is 7.12. The first-order valence-electron chi connectivity index (χ1n) is 6.00. The van der Waals surface area contributed by atoms with E-state index in [9.17, 15) is 0 Å². The molecule has 1 aromatic heterocycles. The number of nitrogens with zero attached hydrogens (tertiary/aromatic N) is 3. The summed E-state index contributed by atoms with van der Waals surface area (Å²) in [5, 5.41) is 1.09. The summed E-state index contributed by atoms with van der Waals surface area (Å²) in [5.74, 6) is 1.94. The third kappa shape index (κ3) is 2.48. The number of rotatable bonds is 4. The molecule has 0 bridgehead atoms. The maximum absolute atomic E-state index is 4.25. The van der Waals surface area contributed by atoms with E-state index in [-0.39, 0.29) is 0 Å². The lowest BCUT2D eigenvalue weighted by Gasteiger charge is -2.25. The number of halogens is 1.